The number of benzene rings is 2. The molecule has 3 rings (SSSR count). The molecule has 2 aromatic carbocycles. The van der Waals surface area contributed by atoms with E-state index in [9.17, 15) is 14.4 Å². The van der Waals surface area contributed by atoms with E-state index in [2.05, 4.69) is 5.32 Å². The van der Waals surface area contributed by atoms with Crippen LogP contribution < -0.4 is 5.32 Å². The third-order valence-corrected chi connectivity index (χ3v) is 4.46. The molecule has 3 amide bonds. The smallest absolute Gasteiger partial charge is 0.294 e. The first-order chi connectivity index (χ1) is 12.6. The summed E-state index contributed by atoms with van der Waals surface area (Å²) in [5.41, 5.74) is 1.64. The van der Waals surface area contributed by atoms with Crippen LogP contribution in [0.1, 0.15) is 11.1 Å². The fourth-order valence-corrected chi connectivity index (χ4v) is 3.19. The summed E-state index contributed by atoms with van der Waals surface area (Å²) in [5, 5.41) is 11.0. The zero-order valence-corrected chi connectivity index (χ0v) is 14.3. The lowest BCUT2D eigenvalue weighted by Crippen LogP contribution is -2.36. The Labute approximate surface area is 154 Å². The van der Waals surface area contributed by atoms with Gasteiger partial charge in [-0.15, -0.1) is 0 Å². The number of carbonyl (C=O) groups is 3. The molecule has 1 aliphatic rings. The van der Waals surface area contributed by atoms with Crippen LogP contribution in [0.25, 0.3) is 6.08 Å². The van der Waals surface area contributed by atoms with Gasteiger partial charge in [-0.2, -0.15) is 5.26 Å². The Morgan fingerprint density at radius 3 is 2.65 bits per heavy atom. The highest BCUT2D eigenvalue weighted by Crippen LogP contribution is 2.32. The van der Waals surface area contributed by atoms with E-state index < -0.39 is 17.1 Å². The second kappa shape index (κ2) is 7.68. The van der Waals surface area contributed by atoms with Gasteiger partial charge in [0, 0.05) is 5.69 Å². The summed E-state index contributed by atoms with van der Waals surface area (Å²) < 4.78 is 0. The molecule has 0 saturated carbocycles. The summed E-state index contributed by atoms with van der Waals surface area (Å²) in [7, 11) is 0. The van der Waals surface area contributed by atoms with Crippen molar-refractivity contribution in [1.82, 2.24) is 4.90 Å². The lowest BCUT2D eigenvalue weighted by Gasteiger charge is -2.12. The minimum Gasteiger partial charge on any atom is -0.324 e. The van der Waals surface area contributed by atoms with E-state index >= 15 is 0 Å². The minimum atomic E-state index is -0.511. The van der Waals surface area contributed by atoms with Crippen LogP contribution in [0.3, 0.4) is 0 Å². The van der Waals surface area contributed by atoms with Crippen molar-refractivity contribution in [2.75, 3.05) is 11.9 Å². The zero-order valence-electron chi connectivity index (χ0n) is 13.5. The second-order valence-corrected chi connectivity index (χ2v) is 6.41. The van der Waals surface area contributed by atoms with Crippen LogP contribution in [0.4, 0.5) is 10.5 Å². The zero-order chi connectivity index (χ0) is 18.5. The topological polar surface area (TPSA) is 90.3 Å². The lowest BCUT2D eigenvalue weighted by molar-refractivity contribution is -0.127. The minimum absolute atomic E-state index is 0.278. The highest BCUT2D eigenvalue weighted by atomic mass is 32.2. The first-order valence-corrected chi connectivity index (χ1v) is 8.49. The Hall–Kier alpha value is -3.37. The van der Waals surface area contributed by atoms with E-state index in [1.54, 1.807) is 24.3 Å². The summed E-state index contributed by atoms with van der Waals surface area (Å²) in [6, 6.07) is 17.5. The maximum Gasteiger partial charge on any atom is 0.294 e. The molecule has 1 N–H and O–H groups in total. The number of nitriles is 1. The van der Waals surface area contributed by atoms with E-state index in [-0.39, 0.29) is 11.4 Å². The van der Waals surface area contributed by atoms with Gasteiger partial charge in [-0.05, 0) is 41.6 Å². The fourth-order valence-electron chi connectivity index (χ4n) is 2.35. The Balaban J connectivity index is 1.68. The van der Waals surface area contributed by atoms with Crippen LogP contribution in [0.2, 0.25) is 0 Å². The number of nitrogens with zero attached hydrogens (tertiary/aromatic N) is 2. The summed E-state index contributed by atoms with van der Waals surface area (Å²) in [6.07, 6.45) is 1.62. The van der Waals surface area contributed by atoms with E-state index in [4.69, 9.17) is 5.26 Å². The Morgan fingerprint density at radius 2 is 1.92 bits per heavy atom. The highest BCUT2D eigenvalue weighted by molar-refractivity contribution is 8.18. The predicted octanol–water partition coefficient (Wildman–Crippen LogP) is 3.23. The standard InChI is InChI=1S/C19H13N3O3S/c20-11-14-7-4-8-15(9-14)21-17(23)12-22-18(24)16(26-19(22)25)10-13-5-2-1-3-6-13/h1-10H,12H2,(H,21,23)/b16-10+. The summed E-state index contributed by atoms with van der Waals surface area (Å²) in [5.74, 6) is -1.01. The van der Waals surface area contributed by atoms with Crippen LogP contribution in [-0.2, 0) is 9.59 Å². The van der Waals surface area contributed by atoms with Crippen LogP contribution in [0, 0.1) is 11.3 Å². The number of carbonyl (C=O) groups excluding carboxylic acids is 3. The van der Waals surface area contributed by atoms with Crippen molar-refractivity contribution < 1.29 is 14.4 Å². The normalized spacial score (nSPS) is 15.2. The molecule has 0 aliphatic carbocycles. The third kappa shape index (κ3) is 3.99. The Morgan fingerprint density at radius 1 is 1.15 bits per heavy atom. The fraction of sp³-hybridized carbons (Fsp3) is 0.0526. The maximum absolute atomic E-state index is 12.4. The van der Waals surface area contributed by atoms with Gasteiger partial charge in [0.15, 0.2) is 0 Å². The van der Waals surface area contributed by atoms with Gasteiger partial charge >= 0.3 is 0 Å². The number of nitrogens with one attached hydrogen (secondary N) is 1. The van der Waals surface area contributed by atoms with Crippen LogP contribution in [0.5, 0.6) is 0 Å². The maximum atomic E-state index is 12.4. The molecule has 0 spiro atoms. The number of rotatable bonds is 4. The SMILES string of the molecule is N#Cc1cccc(NC(=O)CN2C(=O)S/C(=C/c3ccccc3)C2=O)c1. The van der Waals surface area contributed by atoms with Gasteiger partial charge in [-0.25, -0.2) is 0 Å². The van der Waals surface area contributed by atoms with E-state index in [1.807, 2.05) is 36.4 Å². The molecule has 1 aliphatic heterocycles. The molecular weight excluding hydrogens is 350 g/mol. The second-order valence-electron chi connectivity index (χ2n) is 5.42. The predicted molar refractivity (Wildman–Crippen MR) is 98.9 cm³/mol. The van der Waals surface area contributed by atoms with E-state index in [1.165, 1.54) is 6.07 Å². The monoisotopic (exact) mass is 363 g/mol. The van der Waals surface area contributed by atoms with Gasteiger partial charge < -0.3 is 5.32 Å². The van der Waals surface area contributed by atoms with Crippen molar-refractivity contribution in [3.63, 3.8) is 0 Å². The van der Waals surface area contributed by atoms with Crippen molar-refractivity contribution in [2.45, 2.75) is 0 Å². The van der Waals surface area contributed by atoms with Gasteiger partial charge in [0.2, 0.25) is 5.91 Å². The van der Waals surface area contributed by atoms with Gasteiger partial charge in [-0.3, -0.25) is 19.3 Å². The molecule has 1 saturated heterocycles. The summed E-state index contributed by atoms with van der Waals surface area (Å²) in [4.78, 5) is 37.8. The first kappa shape index (κ1) is 17.5. The lowest BCUT2D eigenvalue weighted by atomic mass is 10.2. The molecule has 0 radical (unpaired) electrons. The summed E-state index contributed by atoms with van der Waals surface area (Å²) in [6.45, 7) is -0.381. The number of anilines is 1. The largest absolute Gasteiger partial charge is 0.324 e. The van der Waals surface area contributed by atoms with Gasteiger partial charge in [0.25, 0.3) is 11.1 Å². The molecule has 26 heavy (non-hydrogen) atoms. The van der Waals surface area contributed by atoms with Crippen LogP contribution >= 0.6 is 11.8 Å². The van der Waals surface area contributed by atoms with Crippen molar-refractivity contribution in [3.8, 4) is 6.07 Å². The quantitative estimate of drug-likeness (QED) is 0.842. The molecule has 1 heterocycles. The number of hydrogen-bond acceptors (Lipinski definition) is 5. The molecule has 0 bridgehead atoms. The molecule has 0 unspecified atom stereocenters. The third-order valence-electron chi connectivity index (χ3n) is 3.55. The van der Waals surface area contributed by atoms with E-state index in [0.29, 0.717) is 11.3 Å². The molecule has 0 aromatic heterocycles. The van der Waals surface area contributed by atoms with Crippen LogP contribution in [-0.4, -0.2) is 28.5 Å². The van der Waals surface area contributed by atoms with Gasteiger partial charge in [0.1, 0.15) is 6.54 Å². The number of imide groups is 1. The number of amides is 3. The van der Waals surface area contributed by atoms with Gasteiger partial charge in [-0.1, -0.05) is 36.4 Å². The molecule has 6 nitrogen and oxygen atoms in total. The van der Waals surface area contributed by atoms with Crippen molar-refractivity contribution >= 4 is 40.6 Å². The Kier molecular flexibility index (Phi) is 5.15. The summed E-state index contributed by atoms with van der Waals surface area (Å²) >= 11 is 0.806. The number of hydrogen-bond donors (Lipinski definition) is 1. The average Bonchev–Trinajstić information content (AvgIpc) is 2.90. The molecule has 7 heteroatoms. The molecule has 0 atom stereocenters. The van der Waals surface area contributed by atoms with Crippen molar-refractivity contribution in [2.24, 2.45) is 0 Å². The van der Waals surface area contributed by atoms with Crippen molar-refractivity contribution in [3.05, 3.63) is 70.6 Å². The first-order valence-electron chi connectivity index (χ1n) is 7.67. The molecule has 2 aromatic rings. The average molecular weight is 363 g/mol. The van der Waals surface area contributed by atoms with Crippen molar-refractivity contribution in [1.29, 1.82) is 5.26 Å². The van der Waals surface area contributed by atoms with E-state index in [0.717, 1.165) is 22.2 Å². The number of thioether (sulfide) groups is 1. The Bertz CT molecular complexity index is 948. The molecule has 1 fully saturated rings. The molecule has 128 valence electrons. The van der Waals surface area contributed by atoms with Crippen LogP contribution in [0.15, 0.2) is 59.5 Å². The molecular formula is C19H13N3O3S. The van der Waals surface area contributed by atoms with Gasteiger partial charge in [0.05, 0.1) is 16.5 Å². The highest BCUT2D eigenvalue weighted by Gasteiger charge is 2.36.